The van der Waals surface area contributed by atoms with Crippen LogP contribution in [0.5, 0.6) is 0 Å². The molecular formula is C12H12F2N4O2. The number of imidazole rings is 1. The number of aromatic nitrogens is 4. The van der Waals surface area contributed by atoms with E-state index in [0.29, 0.717) is 5.69 Å². The van der Waals surface area contributed by atoms with Gasteiger partial charge in [-0.05, 0) is 6.92 Å². The van der Waals surface area contributed by atoms with Crippen LogP contribution >= 0.6 is 0 Å². The van der Waals surface area contributed by atoms with Gasteiger partial charge in [0.15, 0.2) is 5.82 Å². The predicted molar refractivity (Wildman–Crippen MR) is 65.1 cm³/mol. The van der Waals surface area contributed by atoms with E-state index in [4.69, 9.17) is 4.74 Å². The zero-order valence-corrected chi connectivity index (χ0v) is 10.9. The third kappa shape index (κ3) is 2.63. The van der Waals surface area contributed by atoms with Gasteiger partial charge in [-0.1, -0.05) is 0 Å². The largest absolute Gasteiger partial charge is 0.462 e. The number of alkyl halides is 2. The van der Waals surface area contributed by atoms with Gasteiger partial charge in [0.05, 0.1) is 19.1 Å². The van der Waals surface area contributed by atoms with Gasteiger partial charge < -0.3 is 9.30 Å². The number of rotatable bonds is 4. The fourth-order valence-corrected chi connectivity index (χ4v) is 1.62. The molecule has 8 heteroatoms. The number of esters is 1. The summed E-state index contributed by atoms with van der Waals surface area (Å²) in [6.45, 7) is 1.68. The minimum atomic E-state index is -2.90. The van der Waals surface area contributed by atoms with E-state index in [0.717, 1.165) is 6.20 Å². The molecule has 0 atom stereocenters. The Morgan fingerprint density at radius 3 is 2.75 bits per heavy atom. The summed E-state index contributed by atoms with van der Waals surface area (Å²) in [6, 6.07) is 0. The van der Waals surface area contributed by atoms with Crippen molar-refractivity contribution in [2.75, 3.05) is 6.61 Å². The Balaban J connectivity index is 2.48. The second kappa shape index (κ2) is 5.72. The van der Waals surface area contributed by atoms with E-state index in [-0.39, 0.29) is 18.0 Å². The third-order valence-electron chi connectivity index (χ3n) is 2.57. The Hall–Kier alpha value is -2.38. The van der Waals surface area contributed by atoms with E-state index in [1.807, 2.05) is 0 Å². The van der Waals surface area contributed by atoms with Gasteiger partial charge in [-0.25, -0.2) is 28.5 Å². The first-order valence-corrected chi connectivity index (χ1v) is 5.83. The normalized spacial score (nSPS) is 10.8. The standard InChI is InChI=1S/C12H12F2N4O2/c1-3-20-12(19)7-4-16-11(17-9(7)10(13)14)8-5-15-6-18(8)2/h4-6,10H,3H2,1-2H3. The molecule has 2 heterocycles. The molecule has 6 nitrogen and oxygen atoms in total. The maximum absolute atomic E-state index is 13.0. The molecule has 0 spiro atoms. The lowest BCUT2D eigenvalue weighted by atomic mass is 10.2. The van der Waals surface area contributed by atoms with Crippen LogP contribution in [-0.2, 0) is 11.8 Å². The highest BCUT2D eigenvalue weighted by atomic mass is 19.3. The molecule has 20 heavy (non-hydrogen) atoms. The average molecular weight is 282 g/mol. The van der Waals surface area contributed by atoms with E-state index in [9.17, 15) is 13.6 Å². The van der Waals surface area contributed by atoms with E-state index in [1.165, 1.54) is 12.5 Å². The fraction of sp³-hybridized carbons (Fsp3) is 0.333. The van der Waals surface area contributed by atoms with Crippen LogP contribution < -0.4 is 0 Å². The van der Waals surface area contributed by atoms with Crippen molar-refractivity contribution in [3.05, 3.63) is 30.0 Å². The number of halogens is 2. The highest BCUT2D eigenvalue weighted by Gasteiger charge is 2.23. The number of carbonyl (C=O) groups is 1. The molecule has 0 saturated carbocycles. The molecule has 106 valence electrons. The third-order valence-corrected chi connectivity index (χ3v) is 2.57. The van der Waals surface area contributed by atoms with E-state index in [1.54, 1.807) is 18.5 Å². The molecule has 0 unspecified atom stereocenters. The van der Waals surface area contributed by atoms with Crippen LogP contribution in [-0.4, -0.2) is 32.1 Å². The lowest BCUT2D eigenvalue weighted by molar-refractivity contribution is 0.0513. The van der Waals surface area contributed by atoms with Crippen molar-refractivity contribution in [2.45, 2.75) is 13.3 Å². The van der Waals surface area contributed by atoms with Crippen LogP contribution in [0.25, 0.3) is 11.5 Å². The van der Waals surface area contributed by atoms with Gasteiger partial charge >= 0.3 is 5.97 Å². The molecule has 2 aromatic heterocycles. The zero-order valence-electron chi connectivity index (χ0n) is 10.9. The van der Waals surface area contributed by atoms with Crippen molar-refractivity contribution in [1.82, 2.24) is 19.5 Å². The molecule has 0 radical (unpaired) electrons. The Morgan fingerprint density at radius 2 is 2.20 bits per heavy atom. The predicted octanol–water partition coefficient (Wildman–Crippen LogP) is 1.99. The maximum atomic E-state index is 13.0. The van der Waals surface area contributed by atoms with Gasteiger partial charge in [0, 0.05) is 13.2 Å². The monoisotopic (exact) mass is 282 g/mol. The minimum Gasteiger partial charge on any atom is -0.462 e. The molecule has 0 N–H and O–H groups in total. The summed E-state index contributed by atoms with van der Waals surface area (Å²) in [5.41, 5.74) is -0.496. The first-order valence-electron chi connectivity index (χ1n) is 5.83. The van der Waals surface area contributed by atoms with Crippen LogP contribution in [0.2, 0.25) is 0 Å². The summed E-state index contributed by atoms with van der Waals surface area (Å²) in [5.74, 6) is -0.785. The topological polar surface area (TPSA) is 69.9 Å². The fourth-order valence-electron chi connectivity index (χ4n) is 1.62. The molecule has 0 fully saturated rings. The van der Waals surface area contributed by atoms with Crippen molar-refractivity contribution in [2.24, 2.45) is 7.05 Å². The van der Waals surface area contributed by atoms with Crippen LogP contribution in [0.3, 0.4) is 0 Å². The van der Waals surface area contributed by atoms with Gasteiger partial charge in [-0.2, -0.15) is 0 Å². The van der Waals surface area contributed by atoms with Gasteiger partial charge in [0.25, 0.3) is 6.43 Å². The van der Waals surface area contributed by atoms with Crippen molar-refractivity contribution in [1.29, 1.82) is 0 Å². The Bertz CT molecular complexity index is 628. The summed E-state index contributed by atoms with van der Waals surface area (Å²) < 4.78 is 32.4. The number of ether oxygens (including phenoxy) is 1. The van der Waals surface area contributed by atoms with Crippen molar-refractivity contribution in [3.63, 3.8) is 0 Å². The number of nitrogens with zero attached hydrogens (tertiary/aromatic N) is 4. The summed E-state index contributed by atoms with van der Waals surface area (Å²) in [4.78, 5) is 23.1. The van der Waals surface area contributed by atoms with Crippen molar-refractivity contribution < 1.29 is 18.3 Å². The summed E-state index contributed by atoms with van der Waals surface area (Å²) >= 11 is 0. The van der Waals surface area contributed by atoms with Crippen LogP contribution in [0.4, 0.5) is 8.78 Å². The summed E-state index contributed by atoms with van der Waals surface area (Å²) in [5, 5.41) is 0. The summed E-state index contributed by atoms with van der Waals surface area (Å²) in [7, 11) is 1.69. The molecule has 0 aliphatic heterocycles. The average Bonchev–Trinajstić information content (AvgIpc) is 2.84. The molecule has 0 bridgehead atoms. The van der Waals surface area contributed by atoms with E-state index < -0.39 is 18.1 Å². The Labute approximate surface area is 113 Å². The SMILES string of the molecule is CCOC(=O)c1cnc(-c2cncn2C)nc1C(F)F. The van der Waals surface area contributed by atoms with Crippen molar-refractivity contribution >= 4 is 5.97 Å². The van der Waals surface area contributed by atoms with Gasteiger partial charge in [-0.3, -0.25) is 0 Å². The van der Waals surface area contributed by atoms with Gasteiger partial charge in [0.1, 0.15) is 17.0 Å². The lowest BCUT2D eigenvalue weighted by Gasteiger charge is -2.09. The molecular weight excluding hydrogens is 270 g/mol. The molecule has 0 aromatic carbocycles. The number of aryl methyl sites for hydroxylation is 1. The Kier molecular flexibility index (Phi) is 4.02. The van der Waals surface area contributed by atoms with Crippen LogP contribution in [0.1, 0.15) is 29.4 Å². The molecule has 0 aliphatic carbocycles. The van der Waals surface area contributed by atoms with E-state index in [2.05, 4.69) is 15.0 Å². The zero-order chi connectivity index (χ0) is 14.7. The summed E-state index contributed by atoms with van der Waals surface area (Å²) in [6.07, 6.45) is 1.10. The Morgan fingerprint density at radius 1 is 1.45 bits per heavy atom. The first kappa shape index (κ1) is 14.0. The molecule has 2 aromatic rings. The minimum absolute atomic E-state index is 0.0772. The van der Waals surface area contributed by atoms with Gasteiger partial charge in [0.2, 0.25) is 0 Å². The number of carbonyl (C=O) groups excluding carboxylic acids is 1. The molecule has 0 saturated heterocycles. The van der Waals surface area contributed by atoms with E-state index >= 15 is 0 Å². The molecule has 0 aliphatic rings. The second-order valence-corrected chi connectivity index (χ2v) is 3.90. The molecule has 2 rings (SSSR count). The van der Waals surface area contributed by atoms with Crippen LogP contribution in [0.15, 0.2) is 18.7 Å². The highest BCUT2D eigenvalue weighted by Crippen LogP contribution is 2.24. The first-order chi connectivity index (χ1) is 9.54. The van der Waals surface area contributed by atoms with Crippen molar-refractivity contribution in [3.8, 4) is 11.5 Å². The maximum Gasteiger partial charge on any atom is 0.341 e. The molecule has 0 amide bonds. The lowest BCUT2D eigenvalue weighted by Crippen LogP contribution is -2.12. The quantitative estimate of drug-likeness (QED) is 0.802. The highest BCUT2D eigenvalue weighted by molar-refractivity contribution is 5.90. The smallest absolute Gasteiger partial charge is 0.341 e. The van der Waals surface area contributed by atoms with Gasteiger partial charge in [-0.15, -0.1) is 0 Å². The number of hydrogen-bond acceptors (Lipinski definition) is 5. The number of hydrogen-bond donors (Lipinski definition) is 0. The van der Waals surface area contributed by atoms with Crippen LogP contribution in [0, 0.1) is 0 Å². The second-order valence-electron chi connectivity index (χ2n) is 3.90.